The van der Waals surface area contributed by atoms with Crippen molar-refractivity contribution in [2.24, 2.45) is 4.99 Å². The van der Waals surface area contributed by atoms with E-state index in [1.54, 1.807) is 18.2 Å². The monoisotopic (exact) mass is 415 g/mol. The topological polar surface area (TPSA) is 112 Å². The largest absolute Gasteiger partial charge is 0.489 e. The highest BCUT2D eigenvalue weighted by atomic mass is 35.5. The van der Waals surface area contributed by atoms with E-state index in [9.17, 15) is 4.79 Å². The molecule has 2 heterocycles. The van der Waals surface area contributed by atoms with Gasteiger partial charge >= 0.3 is 0 Å². The molecule has 0 bridgehead atoms. The molecule has 1 aromatic carbocycles. The van der Waals surface area contributed by atoms with Crippen molar-refractivity contribution in [3.63, 3.8) is 0 Å². The predicted molar refractivity (Wildman–Crippen MR) is 112 cm³/mol. The van der Waals surface area contributed by atoms with Gasteiger partial charge in [0.1, 0.15) is 17.4 Å². The van der Waals surface area contributed by atoms with Gasteiger partial charge in [0.25, 0.3) is 5.56 Å². The van der Waals surface area contributed by atoms with Crippen molar-refractivity contribution < 1.29 is 9.47 Å². The summed E-state index contributed by atoms with van der Waals surface area (Å²) in [6, 6.07) is 6.94. The number of nitrogens with zero attached hydrogens (tertiary/aromatic N) is 2. The Morgan fingerprint density at radius 1 is 1.31 bits per heavy atom. The number of rotatable bonds is 6. The van der Waals surface area contributed by atoms with Gasteiger partial charge in [0.15, 0.2) is 6.29 Å². The maximum Gasteiger partial charge on any atom is 0.253 e. The zero-order valence-electron chi connectivity index (χ0n) is 16.5. The first-order chi connectivity index (χ1) is 13.8. The third-order valence-electron chi connectivity index (χ3n) is 4.35. The number of hydrogen-bond donors (Lipinski definition) is 3. The number of fused-ring (bicyclic) bond motifs is 1. The van der Waals surface area contributed by atoms with Crippen LogP contribution < -0.4 is 20.9 Å². The fraction of sp³-hybridized carbons (Fsp3) is 0.350. The number of aliphatic imine (C=N–C) groups is 1. The lowest BCUT2D eigenvalue weighted by Gasteiger charge is -2.25. The van der Waals surface area contributed by atoms with Crippen LogP contribution in [-0.2, 0) is 4.74 Å². The van der Waals surface area contributed by atoms with Crippen LogP contribution in [0.1, 0.15) is 32.4 Å². The zero-order valence-corrected chi connectivity index (χ0v) is 17.3. The highest BCUT2D eigenvalue weighted by Crippen LogP contribution is 2.30. The Morgan fingerprint density at radius 3 is 2.72 bits per heavy atom. The molecule has 2 aromatic rings. The highest BCUT2D eigenvalue weighted by Gasteiger charge is 2.21. The normalized spacial score (nSPS) is 17.2. The van der Waals surface area contributed by atoms with Gasteiger partial charge in [0, 0.05) is 29.3 Å². The van der Waals surface area contributed by atoms with E-state index in [4.69, 9.17) is 26.3 Å². The number of nitrogens with one attached hydrogen (secondary N) is 3. The molecule has 1 aliphatic heterocycles. The summed E-state index contributed by atoms with van der Waals surface area (Å²) >= 11 is 6.33. The molecule has 3 rings (SSSR count). The Morgan fingerprint density at radius 2 is 2.07 bits per heavy atom. The molecule has 9 heteroatoms. The Hall–Kier alpha value is -3.02. The Bertz CT molecular complexity index is 1080. The molecule has 1 unspecified atom stereocenters. The molecular weight excluding hydrogens is 394 g/mol. The van der Waals surface area contributed by atoms with Gasteiger partial charge in [-0.2, -0.15) is 5.26 Å². The predicted octanol–water partition coefficient (Wildman–Crippen LogP) is 2.96. The van der Waals surface area contributed by atoms with Crippen LogP contribution in [-0.4, -0.2) is 30.7 Å². The van der Waals surface area contributed by atoms with Crippen LogP contribution in [0, 0.1) is 11.3 Å². The molecule has 1 aliphatic rings. The molecular formula is C20H22ClN5O3. The summed E-state index contributed by atoms with van der Waals surface area (Å²) in [5.74, 6) is 0.848. The first kappa shape index (κ1) is 20.7. The SMILES string of the molecule is COC1=C(C#N)C=NC(N[C@@H](C)c2cc3cc(Cl)c(OC(C)C)cc3[nH]c2=O)N1. The smallest absolute Gasteiger partial charge is 0.253 e. The van der Waals surface area contributed by atoms with E-state index in [2.05, 4.69) is 20.6 Å². The number of hydrogen-bond acceptors (Lipinski definition) is 7. The van der Waals surface area contributed by atoms with Gasteiger partial charge in [0.2, 0.25) is 5.88 Å². The lowest BCUT2D eigenvalue weighted by molar-refractivity contribution is 0.233. The molecule has 1 aromatic heterocycles. The lowest BCUT2D eigenvalue weighted by Crippen LogP contribution is -2.45. The molecule has 152 valence electrons. The lowest BCUT2D eigenvalue weighted by atomic mass is 10.1. The summed E-state index contributed by atoms with van der Waals surface area (Å²) in [7, 11) is 1.47. The molecule has 0 fully saturated rings. The molecule has 0 radical (unpaired) electrons. The van der Waals surface area contributed by atoms with Gasteiger partial charge in [0.05, 0.1) is 23.8 Å². The molecule has 0 amide bonds. The van der Waals surface area contributed by atoms with Gasteiger partial charge in [-0.15, -0.1) is 0 Å². The average Bonchev–Trinajstić information content (AvgIpc) is 2.68. The van der Waals surface area contributed by atoms with Crippen molar-refractivity contribution in [2.75, 3.05) is 7.11 Å². The van der Waals surface area contributed by atoms with E-state index < -0.39 is 6.29 Å². The second-order valence-corrected chi connectivity index (χ2v) is 7.27. The number of methoxy groups -OCH3 is 1. The van der Waals surface area contributed by atoms with E-state index in [1.165, 1.54) is 13.3 Å². The van der Waals surface area contributed by atoms with Crippen LogP contribution in [0.4, 0.5) is 0 Å². The van der Waals surface area contributed by atoms with Crippen LogP contribution in [0.15, 0.2) is 39.4 Å². The standard InChI is InChI=1S/C20H22ClN5O3/c1-10(2)29-17-7-16-12(6-15(17)21)5-14(18(27)25-16)11(3)24-20-23-9-13(8-22)19(26-20)28-4/h5-7,9-11,20,24,26H,1-4H3,(H,25,27)/t11-,20?/m0/s1. The minimum absolute atomic E-state index is 0.0312. The first-order valence-corrected chi connectivity index (χ1v) is 9.47. The highest BCUT2D eigenvalue weighted by molar-refractivity contribution is 6.32. The summed E-state index contributed by atoms with van der Waals surface area (Å²) in [4.78, 5) is 19.8. The second-order valence-electron chi connectivity index (χ2n) is 6.86. The summed E-state index contributed by atoms with van der Waals surface area (Å²) in [5, 5.41) is 16.5. The number of aromatic nitrogens is 1. The van der Waals surface area contributed by atoms with E-state index in [0.717, 1.165) is 5.39 Å². The number of halogens is 1. The number of aromatic amines is 1. The number of pyridine rings is 1. The van der Waals surface area contributed by atoms with Crippen molar-refractivity contribution in [3.8, 4) is 11.8 Å². The van der Waals surface area contributed by atoms with Crippen LogP contribution in [0.2, 0.25) is 5.02 Å². The second kappa shape index (κ2) is 8.55. The van der Waals surface area contributed by atoms with Gasteiger partial charge in [-0.3, -0.25) is 15.1 Å². The van der Waals surface area contributed by atoms with Crippen LogP contribution in [0.25, 0.3) is 10.9 Å². The molecule has 0 saturated carbocycles. The number of ether oxygens (including phenoxy) is 2. The van der Waals surface area contributed by atoms with E-state index in [1.807, 2.05) is 26.8 Å². The minimum atomic E-state index is -0.544. The Labute approximate surface area is 173 Å². The number of H-pyrrole nitrogens is 1. The fourth-order valence-corrected chi connectivity index (χ4v) is 3.21. The quantitative estimate of drug-likeness (QED) is 0.668. The maximum absolute atomic E-state index is 12.6. The molecule has 0 saturated heterocycles. The minimum Gasteiger partial charge on any atom is -0.489 e. The third kappa shape index (κ3) is 4.53. The Kier molecular flexibility index (Phi) is 6.11. The first-order valence-electron chi connectivity index (χ1n) is 9.09. The third-order valence-corrected chi connectivity index (χ3v) is 4.65. The van der Waals surface area contributed by atoms with Crippen molar-refractivity contribution in [1.82, 2.24) is 15.6 Å². The van der Waals surface area contributed by atoms with Crippen molar-refractivity contribution >= 4 is 28.7 Å². The molecule has 2 atom stereocenters. The number of allylic oxidation sites excluding steroid dienone is 1. The molecule has 3 N–H and O–H groups in total. The van der Waals surface area contributed by atoms with Gasteiger partial charge in [-0.1, -0.05) is 11.6 Å². The van der Waals surface area contributed by atoms with E-state index in [-0.39, 0.29) is 17.7 Å². The summed E-state index contributed by atoms with van der Waals surface area (Å²) < 4.78 is 10.8. The zero-order chi connectivity index (χ0) is 21.1. The fourth-order valence-electron chi connectivity index (χ4n) is 3.00. The van der Waals surface area contributed by atoms with Crippen LogP contribution >= 0.6 is 11.6 Å². The van der Waals surface area contributed by atoms with Crippen molar-refractivity contribution in [3.05, 3.63) is 50.6 Å². The molecule has 0 aliphatic carbocycles. The summed E-state index contributed by atoms with van der Waals surface area (Å²) in [6.45, 7) is 5.66. The van der Waals surface area contributed by atoms with Gasteiger partial charge < -0.3 is 19.8 Å². The van der Waals surface area contributed by atoms with E-state index >= 15 is 0 Å². The summed E-state index contributed by atoms with van der Waals surface area (Å²) in [6.07, 6.45) is 0.856. The van der Waals surface area contributed by atoms with Crippen molar-refractivity contribution in [2.45, 2.75) is 39.2 Å². The number of nitriles is 1. The van der Waals surface area contributed by atoms with Crippen LogP contribution in [0.5, 0.6) is 5.75 Å². The van der Waals surface area contributed by atoms with Crippen LogP contribution in [0.3, 0.4) is 0 Å². The van der Waals surface area contributed by atoms with Crippen molar-refractivity contribution in [1.29, 1.82) is 5.26 Å². The maximum atomic E-state index is 12.6. The molecule has 29 heavy (non-hydrogen) atoms. The van der Waals surface area contributed by atoms with Gasteiger partial charge in [-0.05, 0) is 32.9 Å². The molecule has 0 spiro atoms. The Balaban J connectivity index is 1.85. The summed E-state index contributed by atoms with van der Waals surface area (Å²) in [5.41, 5.74) is 1.24. The number of benzene rings is 1. The van der Waals surface area contributed by atoms with Gasteiger partial charge in [-0.25, -0.2) is 0 Å². The van der Waals surface area contributed by atoms with E-state index in [0.29, 0.717) is 33.3 Å². The molecule has 8 nitrogen and oxygen atoms in total. The average molecular weight is 416 g/mol.